The first-order chi connectivity index (χ1) is 3.79. The Kier molecular flexibility index (Phi) is 1.62. The van der Waals surface area contributed by atoms with Crippen LogP contribution in [-0.2, 0) is 0 Å². The molecule has 0 heterocycles. The molecule has 1 nitrogen and oxygen atoms in total. The third-order valence-corrected chi connectivity index (χ3v) is 1.08. The molecular formula is C6H6LiN. The van der Waals surface area contributed by atoms with Crippen LogP contribution in [0, 0.1) is 0 Å². The van der Waals surface area contributed by atoms with E-state index in [0.29, 0.717) is 0 Å². The second-order valence-electron chi connectivity index (χ2n) is 1.91. The Bertz CT molecular complexity index is 147. The number of nitrogens with two attached hydrogens (primary N) is 1. The second-order valence-corrected chi connectivity index (χ2v) is 1.91. The Morgan fingerprint density at radius 1 is 1.12 bits per heavy atom. The molecule has 0 aliphatic heterocycles. The average molecular weight is 99.1 g/mol. The van der Waals surface area contributed by atoms with Crippen molar-refractivity contribution in [3.63, 3.8) is 0 Å². The van der Waals surface area contributed by atoms with Gasteiger partial charge in [-0.2, -0.15) is 0 Å². The second kappa shape index (κ2) is 2.26. The van der Waals surface area contributed by atoms with E-state index in [2.05, 4.69) is 0 Å². The molecule has 2 N–H and O–H groups in total. The van der Waals surface area contributed by atoms with Gasteiger partial charge in [-0.3, -0.25) is 0 Å². The summed E-state index contributed by atoms with van der Waals surface area (Å²) < 4.78 is 1.25. The van der Waals surface area contributed by atoms with Crippen LogP contribution < -0.4 is 9.97 Å². The number of anilines is 1. The third-order valence-electron chi connectivity index (χ3n) is 1.08. The van der Waals surface area contributed by atoms with Gasteiger partial charge in [-0.1, -0.05) is 0 Å². The minimum atomic E-state index is 0.829. The normalized spacial score (nSPS) is 9.25. The van der Waals surface area contributed by atoms with Gasteiger partial charge in [-0.05, 0) is 0 Å². The van der Waals surface area contributed by atoms with Gasteiger partial charge < -0.3 is 0 Å². The molecule has 0 saturated heterocycles. The van der Waals surface area contributed by atoms with E-state index in [4.69, 9.17) is 5.73 Å². The number of hydrogen-bond acceptors (Lipinski definition) is 1. The molecule has 1 rings (SSSR count). The van der Waals surface area contributed by atoms with Crippen LogP contribution in [0.4, 0.5) is 5.69 Å². The van der Waals surface area contributed by atoms with Crippen LogP contribution in [0.25, 0.3) is 0 Å². The quantitative estimate of drug-likeness (QED) is 0.361. The van der Waals surface area contributed by atoms with Crippen molar-refractivity contribution in [2.75, 3.05) is 5.73 Å². The molecule has 1 aromatic carbocycles. The molecule has 0 atom stereocenters. The molecule has 0 aromatic heterocycles. The summed E-state index contributed by atoms with van der Waals surface area (Å²) in [5, 5.41) is 0. The standard InChI is InChI=1S/C6H6N.Li/c7-6-4-2-1-3-5-6;/h2-5H,7H2;. The Labute approximate surface area is 58.1 Å². The van der Waals surface area contributed by atoms with Gasteiger partial charge >= 0.3 is 57.6 Å². The van der Waals surface area contributed by atoms with Crippen LogP contribution in [0.1, 0.15) is 0 Å². The summed E-state index contributed by atoms with van der Waals surface area (Å²) in [7, 11) is 0. The predicted octanol–water partition coefficient (Wildman–Crippen LogP) is 0.0626. The van der Waals surface area contributed by atoms with Crippen molar-refractivity contribution < 1.29 is 0 Å². The van der Waals surface area contributed by atoms with E-state index in [1.807, 2.05) is 42.0 Å². The monoisotopic (exact) mass is 99.1 g/mol. The molecule has 0 saturated carbocycles. The van der Waals surface area contributed by atoms with Crippen LogP contribution in [0.3, 0.4) is 0 Å². The number of nitrogen functional groups attached to an aromatic ring is 1. The molecule has 36 valence electrons. The summed E-state index contributed by atoms with van der Waals surface area (Å²) in [6.07, 6.45) is 0. The van der Waals surface area contributed by atoms with E-state index in [1.165, 1.54) is 4.24 Å². The summed E-state index contributed by atoms with van der Waals surface area (Å²) in [5.41, 5.74) is 6.26. The van der Waals surface area contributed by atoms with Crippen LogP contribution in [0.2, 0.25) is 0 Å². The molecule has 8 heavy (non-hydrogen) atoms. The third kappa shape index (κ3) is 1.29. The zero-order valence-corrected chi connectivity index (χ0v) is 4.89. The van der Waals surface area contributed by atoms with Crippen LogP contribution in [-0.4, -0.2) is 17.7 Å². The first-order valence-electron chi connectivity index (χ1n) is 2.61. The summed E-state index contributed by atoms with van der Waals surface area (Å²) in [4.78, 5) is 0. The number of benzene rings is 1. The molecule has 0 bridgehead atoms. The summed E-state index contributed by atoms with van der Waals surface area (Å²) in [5.74, 6) is 0. The fourth-order valence-electron chi connectivity index (χ4n) is 0.566. The van der Waals surface area contributed by atoms with Crippen molar-refractivity contribution in [1.82, 2.24) is 0 Å². The molecule has 0 aliphatic rings. The molecule has 0 aliphatic carbocycles. The Balaban J connectivity index is 3.03. The summed E-state index contributed by atoms with van der Waals surface area (Å²) >= 11 is 2.04. The van der Waals surface area contributed by atoms with E-state index in [-0.39, 0.29) is 0 Å². The van der Waals surface area contributed by atoms with Crippen molar-refractivity contribution in [2.24, 2.45) is 0 Å². The van der Waals surface area contributed by atoms with Crippen molar-refractivity contribution in [1.29, 1.82) is 0 Å². The Morgan fingerprint density at radius 2 is 1.62 bits per heavy atom. The first kappa shape index (κ1) is 5.75. The van der Waals surface area contributed by atoms with Crippen molar-refractivity contribution in [3.8, 4) is 0 Å². The summed E-state index contributed by atoms with van der Waals surface area (Å²) in [6.45, 7) is 0. The van der Waals surface area contributed by atoms with Gasteiger partial charge in [0.25, 0.3) is 0 Å². The Hall–Kier alpha value is -0.383. The molecule has 0 amide bonds. The fraction of sp³-hybridized carbons (Fsp3) is 0. The van der Waals surface area contributed by atoms with E-state index < -0.39 is 0 Å². The van der Waals surface area contributed by atoms with Gasteiger partial charge in [0.2, 0.25) is 0 Å². The number of rotatable bonds is 0. The van der Waals surface area contributed by atoms with Gasteiger partial charge in [0.05, 0.1) is 0 Å². The number of hydrogen-bond donors (Lipinski definition) is 1. The fourth-order valence-corrected chi connectivity index (χ4v) is 0.566. The Morgan fingerprint density at radius 3 is 2.00 bits per heavy atom. The molecule has 1 aromatic rings. The molecule has 0 radical (unpaired) electrons. The van der Waals surface area contributed by atoms with E-state index >= 15 is 0 Å². The first-order valence-corrected chi connectivity index (χ1v) is 2.61. The summed E-state index contributed by atoms with van der Waals surface area (Å²) in [6, 6.07) is 7.79. The molecule has 0 unspecified atom stereocenters. The molecule has 2 heteroatoms. The molecule has 0 spiro atoms. The van der Waals surface area contributed by atoms with Gasteiger partial charge in [0, 0.05) is 0 Å². The van der Waals surface area contributed by atoms with E-state index in [1.54, 1.807) is 0 Å². The zero-order valence-electron chi connectivity index (χ0n) is 4.89. The zero-order chi connectivity index (χ0) is 5.98. The van der Waals surface area contributed by atoms with Crippen molar-refractivity contribution >= 4 is 27.6 Å². The molecular weight excluding hydrogens is 93.0 g/mol. The van der Waals surface area contributed by atoms with Crippen molar-refractivity contribution in [3.05, 3.63) is 24.3 Å². The topological polar surface area (TPSA) is 26.0 Å². The molecule has 0 fully saturated rings. The van der Waals surface area contributed by atoms with Gasteiger partial charge in [0.1, 0.15) is 0 Å². The van der Waals surface area contributed by atoms with Gasteiger partial charge in [-0.25, -0.2) is 0 Å². The predicted molar refractivity (Wildman–Crippen MR) is 36.2 cm³/mol. The van der Waals surface area contributed by atoms with Crippen molar-refractivity contribution in [2.45, 2.75) is 0 Å². The van der Waals surface area contributed by atoms with Crippen LogP contribution in [0.15, 0.2) is 24.3 Å². The van der Waals surface area contributed by atoms with E-state index in [9.17, 15) is 0 Å². The average Bonchev–Trinajstić information content (AvgIpc) is 1.77. The van der Waals surface area contributed by atoms with Crippen LogP contribution in [0.5, 0.6) is 0 Å². The minimum absolute atomic E-state index is 0.829. The maximum atomic E-state index is 5.43. The van der Waals surface area contributed by atoms with Gasteiger partial charge in [-0.15, -0.1) is 0 Å². The van der Waals surface area contributed by atoms with E-state index in [0.717, 1.165) is 5.69 Å². The maximum absolute atomic E-state index is 5.43. The van der Waals surface area contributed by atoms with Crippen LogP contribution >= 0.6 is 0 Å². The SMILES string of the molecule is [Li][c]1ccc(N)cc1. The van der Waals surface area contributed by atoms with Gasteiger partial charge in [0.15, 0.2) is 0 Å².